The van der Waals surface area contributed by atoms with Crippen molar-refractivity contribution in [3.8, 4) is 11.4 Å². The lowest BCUT2D eigenvalue weighted by molar-refractivity contribution is -0.126. The highest BCUT2D eigenvalue weighted by atomic mass is 32.2. The molecule has 1 amide bonds. The van der Waals surface area contributed by atoms with Gasteiger partial charge in [-0.1, -0.05) is 28.9 Å². The molecule has 1 unspecified atom stereocenters. The van der Waals surface area contributed by atoms with E-state index in [0.29, 0.717) is 31.1 Å². The maximum Gasteiger partial charge on any atom is 0.281 e. The maximum absolute atomic E-state index is 12.5. The Morgan fingerprint density at radius 3 is 2.89 bits per heavy atom. The number of piperidine rings is 1. The molecule has 9 nitrogen and oxygen atoms in total. The Morgan fingerprint density at radius 2 is 2.18 bits per heavy atom. The van der Waals surface area contributed by atoms with Crippen molar-refractivity contribution in [2.75, 3.05) is 27.2 Å². The number of carbonyl (C=O) groups excluding carboxylic acids is 1. The monoisotopic (exact) mass is 407 g/mol. The summed E-state index contributed by atoms with van der Waals surface area (Å²) in [6.45, 7) is 2.68. The third kappa shape index (κ3) is 4.57. The van der Waals surface area contributed by atoms with Gasteiger partial charge in [-0.2, -0.15) is 22.0 Å². The first-order valence-electron chi connectivity index (χ1n) is 9.12. The van der Waals surface area contributed by atoms with Crippen LogP contribution in [0.4, 0.5) is 0 Å². The van der Waals surface area contributed by atoms with Gasteiger partial charge in [-0.05, 0) is 25.8 Å². The van der Waals surface area contributed by atoms with E-state index in [4.69, 9.17) is 4.52 Å². The summed E-state index contributed by atoms with van der Waals surface area (Å²) >= 11 is 0. The van der Waals surface area contributed by atoms with Crippen molar-refractivity contribution in [1.82, 2.24) is 24.1 Å². The number of hydrogen-bond acceptors (Lipinski definition) is 6. The van der Waals surface area contributed by atoms with Gasteiger partial charge in [0.05, 0.1) is 12.5 Å². The number of carbonyl (C=O) groups is 1. The molecule has 2 aromatic rings. The van der Waals surface area contributed by atoms with Gasteiger partial charge in [-0.25, -0.2) is 0 Å². The summed E-state index contributed by atoms with van der Waals surface area (Å²) < 4.78 is 32.3. The third-order valence-corrected chi connectivity index (χ3v) is 6.61. The van der Waals surface area contributed by atoms with E-state index in [0.717, 1.165) is 11.1 Å². The first kappa shape index (κ1) is 20.4. The molecule has 0 radical (unpaired) electrons. The standard InChI is InChI=1S/C18H25N5O4S/c1-13-6-4-7-14(10-13)17-20-16(27-21-17)11-19-18(24)15-8-5-9-23(12-15)28(25,26)22(2)3/h4,6-7,10,15H,5,8-9,11-12H2,1-3H3,(H,19,24). The van der Waals surface area contributed by atoms with Crippen LogP contribution in [0.25, 0.3) is 11.4 Å². The number of aromatic nitrogens is 2. The van der Waals surface area contributed by atoms with Crippen LogP contribution in [-0.2, 0) is 21.5 Å². The molecule has 1 aliphatic heterocycles. The fourth-order valence-corrected chi connectivity index (χ4v) is 4.32. The fraction of sp³-hybridized carbons (Fsp3) is 0.500. The van der Waals surface area contributed by atoms with Crippen molar-refractivity contribution in [1.29, 1.82) is 0 Å². The number of hydrogen-bond donors (Lipinski definition) is 1. The molecule has 1 N–H and O–H groups in total. The van der Waals surface area contributed by atoms with Gasteiger partial charge in [0.15, 0.2) is 0 Å². The lowest BCUT2D eigenvalue weighted by Gasteiger charge is -2.32. The molecule has 0 saturated carbocycles. The highest BCUT2D eigenvalue weighted by Gasteiger charge is 2.33. The Hall–Kier alpha value is -2.30. The molecular weight excluding hydrogens is 382 g/mol. The molecule has 0 aliphatic carbocycles. The van der Waals surface area contributed by atoms with Gasteiger partial charge in [0, 0.05) is 32.7 Å². The Balaban J connectivity index is 1.58. The summed E-state index contributed by atoms with van der Waals surface area (Å²) in [6, 6.07) is 7.74. The average Bonchev–Trinajstić information content (AvgIpc) is 3.15. The molecule has 1 aromatic heterocycles. The summed E-state index contributed by atoms with van der Waals surface area (Å²) in [6.07, 6.45) is 1.28. The molecule has 1 fully saturated rings. The quantitative estimate of drug-likeness (QED) is 0.770. The molecule has 3 rings (SSSR count). The Labute approximate surface area is 164 Å². The molecule has 1 aromatic carbocycles. The molecule has 10 heteroatoms. The highest BCUT2D eigenvalue weighted by molar-refractivity contribution is 7.86. The molecule has 1 aliphatic rings. The highest BCUT2D eigenvalue weighted by Crippen LogP contribution is 2.21. The van der Waals surface area contributed by atoms with Crippen LogP contribution in [0, 0.1) is 12.8 Å². The van der Waals surface area contributed by atoms with Crippen LogP contribution in [0.2, 0.25) is 0 Å². The van der Waals surface area contributed by atoms with Gasteiger partial charge in [0.2, 0.25) is 17.6 Å². The smallest absolute Gasteiger partial charge is 0.281 e. The van der Waals surface area contributed by atoms with E-state index >= 15 is 0 Å². The molecule has 1 saturated heterocycles. The van der Waals surface area contributed by atoms with Crippen molar-refractivity contribution in [2.45, 2.75) is 26.3 Å². The van der Waals surface area contributed by atoms with Gasteiger partial charge in [0.25, 0.3) is 10.2 Å². The van der Waals surface area contributed by atoms with Crippen LogP contribution in [0.5, 0.6) is 0 Å². The van der Waals surface area contributed by atoms with Crippen LogP contribution < -0.4 is 5.32 Å². The number of nitrogens with zero attached hydrogens (tertiary/aromatic N) is 4. The SMILES string of the molecule is Cc1cccc(-c2noc(CNC(=O)C3CCCN(S(=O)(=O)N(C)C)C3)n2)c1. The van der Waals surface area contributed by atoms with Crippen LogP contribution >= 0.6 is 0 Å². The van der Waals surface area contributed by atoms with Gasteiger partial charge in [-0.15, -0.1) is 0 Å². The van der Waals surface area contributed by atoms with Gasteiger partial charge in [-0.3, -0.25) is 4.79 Å². The van der Waals surface area contributed by atoms with Crippen molar-refractivity contribution in [3.05, 3.63) is 35.7 Å². The second kappa shape index (κ2) is 8.38. The Bertz CT molecular complexity index is 941. The molecule has 2 heterocycles. The van der Waals surface area contributed by atoms with E-state index in [1.54, 1.807) is 0 Å². The number of aryl methyl sites for hydroxylation is 1. The first-order chi connectivity index (χ1) is 13.3. The average molecular weight is 407 g/mol. The number of benzene rings is 1. The molecule has 28 heavy (non-hydrogen) atoms. The molecule has 1 atom stereocenters. The largest absolute Gasteiger partial charge is 0.347 e. The van der Waals surface area contributed by atoms with E-state index in [9.17, 15) is 13.2 Å². The van der Waals surface area contributed by atoms with E-state index in [1.807, 2.05) is 31.2 Å². The number of nitrogens with one attached hydrogen (secondary N) is 1. The number of amides is 1. The third-order valence-electron chi connectivity index (χ3n) is 4.70. The Morgan fingerprint density at radius 1 is 1.39 bits per heavy atom. The fourth-order valence-electron chi connectivity index (χ4n) is 3.13. The zero-order valence-electron chi connectivity index (χ0n) is 16.3. The van der Waals surface area contributed by atoms with Crippen LogP contribution in [0.3, 0.4) is 0 Å². The minimum Gasteiger partial charge on any atom is -0.347 e. The first-order valence-corrected chi connectivity index (χ1v) is 10.5. The van der Waals surface area contributed by atoms with Crippen molar-refractivity contribution >= 4 is 16.1 Å². The normalized spacial score (nSPS) is 18.4. The van der Waals surface area contributed by atoms with Crippen LogP contribution in [0.15, 0.2) is 28.8 Å². The molecule has 152 valence electrons. The van der Waals surface area contributed by atoms with Gasteiger partial charge in [0.1, 0.15) is 0 Å². The summed E-state index contributed by atoms with van der Waals surface area (Å²) in [4.78, 5) is 16.8. The predicted octanol–water partition coefficient (Wildman–Crippen LogP) is 1.18. The van der Waals surface area contributed by atoms with E-state index in [2.05, 4.69) is 15.5 Å². The Kier molecular flexibility index (Phi) is 6.11. The second-order valence-electron chi connectivity index (χ2n) is 7.09. The lowest BCUT2D eigenvalue weighted by Crippen LogP contribution is -2.48. The molecule has 0 spiro atoms. The van der Waals surface area contributed by atoms with Crippen molar-refractivity contribution < 1.29 is 17.7 Å². The minimum atomic E-state index is -3.52. The van der Waals surface area contributed by atoms with Crippen molar-refractivity contribution in [2.24, 2.45) is 5.92 Å². The summed E-state index contributed by atoms with van der Waals surface area (Å²) in [5.41, 5.74) is 1.94. The summed E-state index contributed by atoms with van der Waals surface area (Å²) in [7, 11) is -0.546. The van der Waals surface area contributed by atoms with Gasteiger partial charge < -0.3 is 9.84 Å². The minimum absolute atomic E-state index is 0.106. The predicted molar refractivity (Wildman–Crippen MR) is 103 cm³/mol. The van der Waals surface area contributed by atoms with Crippen LogP contribution in [0.1, 0.15) is 24.3 Å². The zero-order chi connectivity index (χ0) is 20.3. The summed E-state index contributed by atoms with van der Waals surface area (Å²) in [5, 5.41) is 6.73. The topological polar surface area (TPSA) is 109 Å². The lowest BCUT2D eigenvalue weighted by atomic mass is 9.99. The van der Waals surface area contributed by atoms with E-state index in [-0.39, 0.29) is 19.0 Å². The van der Waals surface area contributed by atoms with Crippen molar-refractivity contribution in [3.63, 3.8) is 0 Å². The maximum atomic E-state index is 12.5. The van der Waals surface area contributed by atoms with Crippen LogP contribution in [-0.4, -0.2) is 60.3 Å². The van der Waals surface area contributed by atoms with E-state index < -0.39 is 16.1 Å². The van der Waals surface area contributed by atoms with E-state index in [1.165, 1.54) is 22.7 Å². The molecular formula is C18H25N5O4S. The second-order valence-corrected chi connectivity index (χ2v) is 9.23. The molecule has 0 bridgehead atoms. The number of rotatable bonds is 6. The summed E-state index contributed by atoms with van der Waals surface area (Å²) in [5.74, 6) is 0.156. The zero-order valence-corrected chi connectivity index (χ0v) is 17.1. The van der Waals surface area contributed by atoms with Gasteiger partial charge >= 0.3 is 0 Å².